The molecule has 1 aliphatic rings. The molecular weight excluding hydrogens is 350 g/mol. The first kappa shape index (κ1) is 17.1. The minimum Gasteiger partial charge on any atom is -0.473 e. The summed E-state index contributed by atoms with van der Waals surface area (Å²) in [4.78, 5) is 22.0. The Morgan fingerprint density at radius 2 is 1.80 bits per heavy atom. The number of nitrogens with zero attached hydrogens (tertiary/aromatic N) is 1. The molecule has 6 nitrogen and oxygen atoms in total. The molecule has 0 unspecified atom stereocenters. The van der Waals surface area contributed by atoms with Gasteiger partial charge in [0.25, 0.3) is 0 Å². The Balaban J connectivity index is 0.000000286. The average Bonchev–Trinajstić information content (AvgIpc) is 2.78. The van der Waals surface area contributed by atoms with Gasteiger partial charge in [0.05, 0.1) is 9.89 Å². The van der Waals surface area contributed by atoms with Crippen LogP contribution in [0.2, 0.25) is 0 Å². The van der Waals surface area contributed by atoms with E-state index < -0.39 is 11.9 Å². The number of carboxylic acid groups (broad SMARTS) is 2. The fourth-order valence-corrected chi connectivity index (χ4v) is 3.26. The molecule has 0 radical (unpaired) electrons. The van der Waals surface area contributed by atoms with E-state index in [4.69, 9.17) is 19.8 Å². The van der Waals surface area contributed by atoms with Crippen molar-refractivity contribution in [1.82, 2.24) is 4.90 Å². The lowest BCUT2D eigenvalue weighted by Crippen LogP contribution is -2.35. The normalized spacial score (nSPS) is 16.3. The van der Waals surface area contributed by atoms with Gasteiger partial charge in [-0.1, -0.05) is 0 Å². The van der Waals surface area contributed by atoms with Crippen molar-refractivity contribution in [1.29, 1.82) is 0 Å². The Morgan fingerprint density at radius 3 is 2.20 bits per heavy atom. The molecule has 3 N–H and O–H groups in total. The summed E-state index contributed by atoms with van der Waals surface area (Å²) in [6.45, 7) is 3.08. The maximum Gasteiger partial charge on any atom is 0.414 e. The molecule has 1 saturated heterocycles. The molecule has 20 heavy (non-hydrogen) atoms. The summed E-state index contributed by atoms with van der Waals surface area (Å²) in [5.41, 5.74) is 0. The Hall–Kier alpha value is -0.960. The third kappa shape index (κ3) is 6.47. The zero-order valence-electron chi connectivity index (χ0n) is 10.7. The van der Waals surface area contributed by atoms with Crippen LogP contribution in [0.15, 0.2) is 15.9 Å². The number of carbonyl (C=O) groups is 2. The Kier molecular flexibility index (Phi) is 7.14. The molecule has 1 aromatic heterocycles. The molecule has 2 rings (SSSR count). The highest BCUT2D eigenvalue weighted by Crippen LogP contribution is 2.24. The number of aliphatic carboxylic acids is 2. The van der Waals surface area contributed by atoms with Gasteiger partial charge in [-0.05, 0) is 40.9 Å². The second kappa shape index (κ2) is 8.35. The van der Waals surface area contributed by atoms with Gasteiger partial charge in [-0.25, -0.2) is 9.59 Å². The summed E-state index contributed by atoms with van der Waals surface area (Å²) in [5, 5.41) is 24.1. The number of aliphatic hydroxyl groups excluding tert-OH is 1. The van der Waals surface area contributed by atoms with Crippen LogP contribution in [0.1, 0.15) is 17.7 Å². The van der Waals surface area contributed by atoms with Gasteiger partial charge in [0.2, 0.25) is 0 Å². The first-order chi connectivity index (χ1) is 9.38. The van der Waals surface area contributed by atoms with Crippen molar-refractivity contribution in [2.45, 2.75) is 25.5 Å². The molecule has 0 aromatic carbocycles. The second-order valence-electron chi connectivity index (χ2n) is 4.32. The summed E-state index contributed by atoms with van der Waals surface area (Å²) < 4.78 is 1.20. The predicted molar refractivity (Wildman–Crippen MR) is 77.8 cm³/mol. The van der Waals surface area contributed by atoms with E-state index in [1.54, 1.807) is 11.3 Å². The Labute approximate surface area is 128 Å². The van der Waals surface area contributed by atoms with Crippen molar-refractivity contribution in [3.63, 3.8) is 0 Å². The molecule has 1 aromatic rings. The summed E-state index contributed by atoms with van der Waals surface area (Å²) in [5.74, 6) is -3.65. The molecule has 0 spiro atoms. The number of hydrogen-bond donors (Lipinski definition) is 3. The van der Waals surface area contributed by atoms with Crippen LogP contribution in [0.3, 0.4) is 0 Å². The molecule has 2 heterocycles. The van der Waals surface area contributed by atoms with Gasteiger partial charge >= 0.3 is 11.9 Å². The van der Waals surface area contributed by atoms with E-state index in [2.05, 4.69) is 33.0 Å². The van der Waals surface area contributed by atoms with Crippen molar-refractivity contribution >= 4 is 39.2 Å². The molecular formula is C12H16BrNO5S. The summed E-state index contributed by atoms with van der Waals surface area (Å²) in [7, 11) is 0. The topological polar surface area (TPSA) is 98.1 Å². The Morgan fingerprint density at radius 1 is 1.25 bits per heavy atom. The van der Waals surface area contributed by atoms with Gasteiger partial charge < -0.3 is 15.3 Å². The zero-order chi connectivity index (χ0) is 15.1. The van der Waals surface area contributed by atoms with Crippen LogP contribution in [-0.4, -0.2) is 51.4 Å². The number of thiophene rings is 1. The van der Waals surface area contributed by atoms with Gasteiger partial charge in [-0.2, -0.15) is 0 Å². The lowest BCUT2D eigenvalue weighted by Gasteiger charge is -2.28. The SMILES string of the molecule is O=C(O)C(=O)O.OC1CCN(Cc2ccc(Br)s2)CC1. The number of halogens is 1. The van der Waals surface area contributed by atoms with E-state index in [0.29, 0.717) is 0 Å². The standard InChI is InChI=1S/C10H14BrNOS.C2H2O4/c11-10-2-1-9(14-10)7-12-5-3-8(13)4-6-12;3-1(4)2(5)6/h1-2,8,13H,3-7H2;(H,3,4)(H,5,6). The van der Waals surface area contributed by atoms with E-state index in [9.17, 15) is 5.11 Å². The molecule has 0 saturated carbocycles. The highest BCUT2D eigenvalue weighted by Gasteiger charge is 2.17. The van der Waals surface area contributed by atoms with Gasteiger partial charge in [0, 0.05) is 24.5 Å². The molecule has 0 aliphatic carbocycles. The number of rotatable bonds is 2. The Bertz CT molecular complexity index is 444. The highest BCUT2D eigenvalue weighted by molar-refractivity contribution is 9.11. The van der Waals surface area contributed by atoms with Crippen molar-refractivity contribution in [3.8, 4) is 0 Å². The van der Waals surface area contributed by atoms with Crippen LogP contribution in [0.5, 0.6) is 0 Å². The molecule has 0 bridgehead atoms. The van der Waals surface area contributed by atoms with Crippen LogP contribution >= 0.6 is 27.3 Å². The zero-order valence-corrected chi connectivity index (χ0v) is 13.1. The fourth-order valence-electron chi connectivity index (χ4n) is 1.73. The summed E-state index contributed by atoms with van der Waals surface area (Å²) in [6, 6.07) is 4.26. The quantitative estimate of drug-likeness (QED) is 0.689. The van der Waals surface area contributed by atoms with Crippen LogP contribution < -0.4 is 0 Å². The predicted octanol–water partition coefficient (Wildman–Crippen LogP) is 1.62. The van der Waals surface area contributed by atoms with E-state index in [-0.39, 0.29) is 6.10 Å². The minimum absolute atomic E-state index is 0.0682. The number of piperidine rings is 1. The van der Waals surface area contributed by atoms with E-state index in [0.717, 1.165) is 32.5 Å². The van der Waals surface area contributed by atoms with E-state index >= 15 is 0 Å². The van der Waals surface area contributed by atoms with E-state index in [1.807, 2.05) is 0 Å². The third-order valence-electron chi connectivity index (χ3n) is 2.75. The lowest BCUT2D eigenvalue weighted by molar-refractivity contribution is -0.159. The van der Waals surface area contributed by atoms with Crippen molar-refractivity contribution in [3.05, 3.63) is 20.8 Å². The van der Waals surface area contributed by atoms with Gasteiger partial charge in [-0.3, -0.25) is 4.90 Å². The molecule has 112 valence electrons. The highest BCUT2D eigenvalue weighted by atomic mass is 79.9. The number of hydrogen-bond acceptors (Lipinski definition) is 5. The molecule has 1 fully saturated rings. The maximum absolute atomic E-state index is 9.37. The first-order valence-electron chi connectivity index (χ1n) is 5.99. The largest absolute Gasteiger partial charge is 0.473 e. The summed E-state index contributed by atoms with van der Waals surface area (Å²) >= 11 is 5.26. The van der Waals surface area contributed by atoms with E-state index in [1.165, 1.54) is 8.66 Å². The average molecular weight is 366 g/mol. The fraction of sp³-hybridized carbons (Fsp3) is 0.500. The van der Waals surface area contributed by atoms with Gasteiger partial charge in [-0.15, -0.1) is 11.3 Å². The smallest absolute Gasteiger partial charge is 0.414 e. The van der Waals surface area contributed by atoms with Crippen LogP contribution in [0.25, 0.3) is 0 Å². The third-order valence-corrected chi connectivity index (χ3v) is 4.36. The van der Waals surface area contributed by atoms with Gasteiger partial charge in [0.15, 0.2) is 0 Å². The second-order valence-corrected chi connectivity index (χ2v) is 6.87. The molecule has 0 amide bonds. The monoisotopic (exact) mass is 365 g/mol. The number of carboxylic acids is 2. The summed E-state index contributed by atoms with van der Waals surface area (Å²) in [6.07, 6.45) is 1.78. The number of aliphatic hydroxyl groups is 1. The molecule has 8 heteroatoms. The van der Waals surface area contributed by atoms with Crippen molar-refractivity contribution in [2.75, 3.05) is 13.1 Å². The first-order valence-corrected chi connectivity index (χ1v) is 7.60. The van der Waals surface area contributed by atoms with Crippen molar-refractivity contribution < 1.29 is 24.9 Å². The van der Waals surface area contributed by atoms with Crippen LogP contribution in [0.4, 0.5) is 0 Å². The maximum atomic E-state index is 9.37. The van der Waals surface area contributed by atoms with Crippen molar-refractivity contribution in [2.24, 2.45) is 0 Å². The van der Waals surface area contributed by atoms with Crippen LogP contribution in [-0.2, 0) is 16.1 Å². The van der Waals surface area contributed by atoms with Crippen LogP contribution in [0, 0.1) is 0 Å². The lowest BCUT2D eigenvalue weighted by atomic mass is 10.1. The van der Waals surface area contributed by atoms with Gasteiger partial charge in [0.1, 0.15) is 0 Å². The molecule has 1 aliphatic heterocycles. The molecule has 0 atom stereocenters. The minimum atomic E-state index is -1.82. The number of likely N-dealkylation sites (tertiary alicyclic amines) is 1.